The number of nitrogens with one attached hydrogen (secondary N) is 2. The Kier molecular flexibility index (Phi) is 7.45. The van der Waals surface area contributed by atoms with E-state index < -0.39 is 10.8 Å². The standard InChI is InChI=1S/C18H22N2O3S/c1-23-14-16-8-6-5-7-15(16)13-20-18(21)19-11-12-24(22)17-9-3-2-4-10-17/h2-10H,11-14H2,1H3,(H2,19,20,21)/t24-/m1/s1. The van der Waals surface area contributed by atoms with Gasteiger partial charge in [-0.15, -0.1) is 0 Å². The Labute approximate surface area is 144 Å². The number of methoxy groups -OCH3 is 1. The Morgan fingerprint density at radius 1 is 1.00 bits per heavy atom. The first-order valence-corrected chi connectivity index (χ1v) is 9.03. The predicted octanol–water partition coefficient (Wildman–Crippen LogP) is 2.44. The molecular formula is C18H22N2O3S. The topological polar surface area (TPSA) is 67.4 Å². The molecule has 2 N–H and O–H groups in total. The number of urea groups is 1. The van der Waals surface area contributed by atoms with Crippen LogP contribution in [0, 0.1) is 0 Å². The van der Waals surface area contributed by atoms with E-state index in [1.54, 1.807) is 7.11 Å². The van der Waals surface area contributed by atoms with E-state index in [9.17, 15) is 9.00 Å². The largest absolute Gasteiger partial charge is 0.380 e. The maximum Gasteiger partial charge on any atom is 0.315 e. The normalized spacial score (nSPS) is 11.7. The molecule has 2 amide bonds. The third-order valence-electron chi connectivity index (χ3n) is 3.44. The van der Waals surface area contributed by atoms with Crippen LogP contribution in [0.3, 0.4) is 0 Å². The summed E-state index contributed by atoms with van der Waals surface area (Å²) >= 11 is 0. The van der Waals surface area contributed by atoms with Gasteiger partial charge < -0.3 is 15.4 Å². The number of amides is 2. The van der Waals surface area contributed by atoms with Crippen LogP contribution in [-0.2, 0) is 28.7 Å². The van der Waals surface area contributed by atoms with E-state index in [0.29, 0.717) is 25.4 Å². The fraction of sp³-hybridized carbons (Fsp3) is 0.278. The molecule has 6 heteroatoms. The van der Waals surface area contributed by atoms with Crippen molar-refractivity contribution in [3.8, 4) is 0 Å². The average molecular weight is 346 g/mol. The molecule has 0 saturated heterocycles. The van der Waals surface area contributed by atoms with Gasteiger partial charge in [0.2, 0.25) is 0 Å². The Morgan fingerprint density at radius 2 is 1.67 bits per heavy atom. The van der Waals surface area contributed by atoms with Crippen molar-refractivity contribution in [2.45, 2.75) is 18.0 Å². The van der Waals surface area contributed by atoms with E-state index in [1.807, 2.05) is 54.6 Å². The first-order chi connectivity index (χ1) is 11.7. The molecule has 0 heterocycles. The molecular weight excluding hydrogens is 324 g/mol. The van der Waals surface area contributed by atoms with Crippen LogP contribution in [0.25, 0.3) is 0 Å². The SMILES string of the molecule is COCc1ccccc1CNC(=O)NCC[S@@](=O)c1ccccc1. The van der Waals surface area contributed by atoms with Crippen molar-refractivity contribution in [1.29, 1.82) is 0 Å². The number of carbonyl (C=O) groups is 1. The molecule has 0 aliphatic heterocycles. The van der Waals surface area contributed by atoms with E-state index in [4.69, 9.17) is 4.74 Å². The highest BCUT2D eigenvalue weighted by molar-refractivity contribution is 7.85. The second-order valence-electron chi connectivity index (χ2n) is 5.17. The van der Waals surface area contributed by atoms with Crippen LogP contribution in [0.4, 0.5) is 4.79 Å². The van der Waals surface area contributed by atoms with Crippen LogP contribution in [-0.4, -0.2) is 29.6 Å². The summed E-state index contributed by atoms with van der Waals surface area (Å²) in [4.78, 5) is 12.6. The smallest absolute Gasteiger partial charge is 0.315 e. The van der Waals surface area contributed by atoms with E-state index in [2.05, 4.69) is 10.6 Å². The highest BCUT2D eigenvalue weighted by Gasteiger charge is 2.06. The van der Waals surface area contributed by atoms with Crippen LogP contribution >= 0.6 is 0 Å². The lowest BCUT2D eigenvalue weighted by Crippen LogP contribution is -2.37. The summed E-state index contributed by atoms with van der Waals surface area (Å²) in [5.74, 6) is 0.387. The van der Waals surface area contributed by atoms with Gasteiger partial charge in [-0.05, 0) is 23.3 Å². The summed E-state index contributed by atoms with van der Waals surface area (Å²) in [6.07, 6.45) is 0. The highest BCUT2D eigenvalue weighted by atomic mass is 32.2. The number of rotatable bonds is 8. The van der Waals surface area contributed by atoms with Crippen molar-refractivity contribution in [3.05, 3.63) is 65.7 Å². The van der Waals surface area contributed by atoms with Gasteiger partial charge in [0.25, 0.3) is 0 Å². The zero-order valence-electron chi connectivity index (χ0n) is 13.7. The van der Waals surface area contributed by atoms with E-state index in [0.717, 1.165) is 16.0 Å². The minimum Gasteiger partial charge on any atom is -0.380 e. The van der Waals surface area contributed by atoms with Crippen molar-refractivity contribution >= 4 is 16.8 Å². The minimum absolute atomic E-state index is 0.271. The van der Waals surface area contributed by atoms with Crippen LogP contribution < -0.4 is 10.6 Å². The second-order valence-corrected chi connectivity index (χ2v) is 6.74. The summed E-state index contributed by atoms with van der Waals surface area (Å²) < 4.78 is 17.2. The zero-order valence-corrected chi connectivity index (χ0v) is 14.5. The molecule has 128 valence electrons. The summed E-state index contributed by atoms with van der Waals surface area (Å²) in [7, 11) is 0.538. The molecule has 2 rings (SSSR count). The second kappa shape index (κ2) is 9.85. The Bertz CT molecular complexity index is 677. The first kappa shape index (κ1) is 18.2. The summed E-state index contributed by atoms with van der Waals surface area (Å²) in [5, 5.41) is 5.54. The van der Waals surface area contributed by atoms with Crippen LogP contribution in [0.5, 0.6) is 0 Å². The average Bonchev–Trinajstić information content (AvgIpc) is 2.62. The van der Waals surface area contributed by atoms with Gasteiger partial charge in [0.05, 0.1) is 17.4 Å². The van der Waals surface area contributed by atoms with Gasteiger partial charge in [-0.3, -0.25) is 4.21 Å². The van der Waals surface area contributed by atoms with Crippen molar-refractivity contribution in [3.63, 3.8) is 0 Å². The van der Waals surface area contributed by atoms with Crippen LogP contribution in [0.15, 0.2) is 59.5 Å². The first-order valence-electron chi connectivity index (χ1n) is 7.71. The van der Waals surface area contributed by atoms with Crippen LogP contribution in [0.1, 0.15) is 11.1 Å². The number of hydrogen-bond donors (Lipinski definition) is 2. The molecule has 0 aromatic heterocycles. The lowest BCUT2D eigenvalue weighted by atomic mass is 10.1. The Balaban J connectivity index is 1.73. The third-order valence-corrected chi connectivity index (χ3v) is 4.81. The van der Waals surface area contributed by atoms with Gasteiger partial charge in [0, 0.05) is 30.8 Å². The van der Waals surface area contributed by atoms with Gasteiger partial charge >= 0.3 is 6.03 Å². The molecule has 0 unspecified atom stereocenters. The maximum atomic E-state index is 12.0. The van der Waals surface area contributed by atoms with E-state index in [1.165, 1.54) is 0 Å². The number of ether oxygens (including phenoxy) is 1. The number of carbonyl (C=O) groups excluding carboxylic acids is 1. The van der Waals surface area contributed by atoms with Gasteiger partial charge in [-0.25, -0.2) is 4.79 Å². The quantitative estimate of drug-likeness (QED) is 0.771. The van der Waals surface area contributed by atoms with Crippen LogP contribution in [0.2, 0.25) is 0 Å². The van der Waals surface area contributed by atoms with Crippen molar-refractivity contribution in [2.24, 2.45) is 0 Å². The molecule has 0 saturated carbocycles. The highest BCUT2D eigenvalue weighted by Crippen LogP contribution is 2.09. The molecule has 0 aliphatic rings. The van der Waals surface area contributed by atoms with Gasteiger partial charge in [-0.2, -0.15) is 0 Å². The molecule has 0 aliphatic carbocycles. The minimum atomic E-state index is -1.11. The molecule has 1 atom stereocenters. The van der Waals surface area contributed by atoms with Gasteiger partial charge in [0.1, 0.15) is 0 Å². The van der Waals surface area contributed by atoms with E-state index >= 15 is 0 Å². The summed E-state index contributed by atoms with van der Waals surface area (Å²) in [6.45, 7) is 1.29. The molecule has 0 spiro atoms. The maximum absolute atomic E-state index is 12.0. The zero-order chi connectivity index (χ0) is 17.2. The van der Waals surface area contributed by atoms with Crippen molar-refractivity contribution < 1.29 is 13.7 Å². The van der Waals surface area contributed by atoms with E-state index in [-0.39, 0.29) is 6.03 Å². The lowest BCUT2D eigenvalue weighted by molar-refractivity contribution is 0.184. The molecule has 0 bridgehead atoms. The number of hydrogen-bond acceptors (Lipinski definition) is 3. The fourth-order valence-electron chi connectivity index (χ4n) is 2.21. The Morgan fingerprint density at radius 3 is 2.38 bits per heavy atom. The summed E-state index contributed by atoms with van der Waals surface area (Å²) in [5.41, 5.74) is 2.06. The molecule has 0 radical (unpaired) electrons. The fourth-order valence-corrected chi connectivity index (χ4v) is 3.20. The Hall–Kier alpha value is -2.18. The molecule has 24 heavy (non-hydrogen) atoms. The van der Waals surface area contributed by atoms with Crippen molar-refractivity contribution in [1.82, 2.24) is 10.6 Å². The van der Waals surface area contributed by atoms with Gasteiger partial charge in [-0.1, -0.05) is 42.5 Å². The van der Waals surface area contributed by atoms with Gasteiger partial charge in [0.15, 0.2) is 0 Å². The predicted molar refractivity (Wildman–Crippen MR) is 95.1 cm³/mol. The lowest BCUT2D eigenvalue weighted by Gasteiger charge is -2.11. The molecule has 2 aromatic carbocycles. The third kappa shape index (κ3) is 5.79. The van der Waals surface area contributed by atoms with Crippen molar-refractivity contribution in [2.75, 3.05) is 19.4 Å². The summed E-state index contributed by atoms with van der Waals surface area (Å²) in [6, 6.07) is 16.8. The molecule has 5 nitrogen and oxygen atoms in total. The number of benzene rings is 2. The molecule has 2 aromatic rings. The monoisotopic (exact) mass is 346 g/mol. The molecule has 0 fully saturated rings.